The zero-order chi connectivity index (χ0) is 22.8. The molecule has 0 spiro atoms. The van der Waals surface area contributed by atoms with Crippen LogP contribution in [0.1, 0.15) is 29.3 Å². The molecule has 1 amide bonds. The van der Waals surface area contributed by atoms with Gasteiger partial charge in [0, 0.05) is 42.4 Å². The molecule has 0 saturated heterocycles. The number of benzene rings is 3. The average molecular weight is 476 g/mol. The molecule has 34 heavy (non-hydrogen) atoms. The fourth-order valence-corrected chi connectivity index (χ4v) is 4.88. The summed E-state index contributed by atoms with van der Waals surface area (Å²) in [4.78, 5) is 14.2. The number of para-hydroxylation sites is 1. The van der Waals surface area contributed by atoms with E-state index >= 15 is 0 Å². The first kappa shape index (κ1) is 23.9. The molecule has 5 nitrogen and oxygen atoms in total. The van der Waals surface area contributed by atoms with Crippen LogP contribution in [0, 0.1) is 0 Å². The van der Waals surface area contributed by atoms with E-state index in [0.717, 1.165) is 31.5 Å². The lowest BCUT2D eigenvalue weighted by Crippen LogP contribution is -2.29. The second kappa shape index (κ2) is 10.3. The lowest BCUT2D eigenvalue weighted by Gasteiger charge is -2.17. The van der Waals surface area contributed by atoms with Gasteiger partial charge in [-0.15, -0.1) is 12.4 Å². The topological polar surface area (TPSA) is 46.5 Å². The van der Waals surface area contributed by atoms with Gasteiger partial charge >= 0.3 is 6.09 Å². The largest absolute Gasteiger partial charge is 0.419 e. The lowest BCUT2D eigenvalue weighted by molar-refractivity contribution is 0.209. The van der Waals surface area contributed by atoms with E-state index in [2.05, 4.69) is 53.3 Å². The van der Waals surface area contributed by atoms with Crippen molar-refractivity contribution in [3.63, 3.8) is 0 Å². The molecule has 6 heteroatoms. The maximum atomic E-state index is 12.7. The number of hydrogen-bond donors (Lipinski definition) is 1. The van der Waals surface area contributed by atoms with Gasteiger partial charge in [-0.2, -0.15) is 0 Å². The summed E-state index contributed by atoms with van der Waals surface area (Å²) < 4.78 is 8.00. The van der Waals surface area contributed by atoms with Gasteiger partial charge in [0.15, 0.2) is 0 Å². The Labute approximate surface area is 206 Å². The Morgan fingerprint density at radius 2 is 1.76 bits per heavy atom. The fourth-order valence-electron chi connectivity index (χ4n) is 4.88. The summed E-state index contributed by atoms with van der Waals surface area (Å²) in [5.41, 5.74) is 6.04. The molecule has 0 fully saturated rings. The molecular weight excluding hydrogens is 446 g/mol. The fraction of sp³-hybridized carbons (Fsp3) is 0.250. The van der Waals surface area contributed by atoms with Crippen molar-refractivity contribution in [1.82, 2.24) is 9.88 Å². The summed E-state index contributed by atoms with van der Waals surface area (Å²) >= 11 is 0. The molecule has 0 aliphatic heterocycles. The van der Waals surface area contributed by atoms with Crippen LogP contribution in [-0.4, -0.2) is 24.3 Å². The van der Waals surface area contributed by atoms with Crippen molar-refractivity contribution in [2.75, 3.05) is 18.5 Å². The van der Waals surface area contributed by atoms with E-state index in [1.165, 1.54) is 32.6 Å². The molecule has 1 aliphatic carbocycles. The van der Waals surface area contributed by atoms with Gasteiger partial charge in [-0.3, -0.25) is 4.90 Å². The number of aryl methyl sites for hydroxylation is 2. The summed E-state index contributed by atoms with van der Waals surface area (Å²) in [6.45, 7) is 0.949. The van der Waals surface area contributed by atoms with Crippen LogP contribution in [0.2, 0.25) is 0 Å². The van der Waals surface area contributed by atoms with Crippen molar-refractivity contribution < 1.29 is 9.53 Å². The number of aromatic nitrogens is 1. The molecule has 3 aromatic carbocycles. The molecule has 1 aliphatic rings. The van der Waals surface area contributed by atoms with Crippen LogP contribution < -0.4 is 15.0 Å². The van der Waals surface area contributed by atoms with E-state index in [1.807, 2.05) is 42.5 Å². The molecule has 0 radical (unpaired) electrons. The van der Waals surface area contributed by atoms with Crippen LogP contribution in [0.25, 0.3) is 10.9 Å². The number of ether oxygens (including phenoxy) is 1. The summed E-state index contributed by atoms with van der Waals surface area (Å²) in [6.07, 6.45) is 2.74. The highest BCUT2D eigenvalue weighted by molar-refractivity contribution is 5.91. The molecule has 1 heterocycles. The molecule has 1 unspecified atom stereocenters. The van der Waals surface area contributed by atoms with Crippen molar-refractivity contribution in [3.8, 4) is 5.75 Å². The number of carbonyl (C=O) groups excluding carboxylic acids is 1. The predicted octanol–water partition coefficient (Wildman–Crippen LogP) is 6.05. The van der Waals surface area contributed by atoms with Gasteiger partial charge < -0.3 is 14.6 Å². The normalized spacial score (nSPS) is 14.5. The van der Waals surface area contributed by atoms with Gasteiger partial charge in [0.1, 0.15) is 5.75 Å². The first-order chi connectivity index (χ1) is 16.1. The molecular formula is C28H30ClN3O2. The average Bonchev–Trinajstić information content (AvgIpc) is 3.39. The number of carbonyl (C=O) groups is 1. The highest BCUT2D eigenvalue weighted by atomic mass is 35.5. The first-order valence-corrected chi connectivity index (χ1v) is 11.5. The van der Waals surface area contributed by atoms with Crippen molar-refractivity contribution >= 4 is 35.1 Å². The summed E-state index contributed by atoms with van der Waals surface area (Å²) in [7, 11) is 3.86. The number of halogens is 1. The Morgan fingerprint density at radius 1 is 1.06 bits per heavy atom. The van der Waals surface area contributed by atoms with Gasteiger partial charge in [-0.25, -0.2) is 4.79 Å². The summed E-state index contributed by atoms with van der Waals surface area (Å²) in [5, 5.41) is 4.93. The zero-order valence-electron chi connectivity index (χ0n) is 19.5. The van der Waals surface area contributed by atoms with Crippen LogP contribution in [0.5, 0.6) is 5.75 Å². The standard InChI is InChI=1S/C28H29N3O2.ClH/c1-30(21-11-7-4-8-12-21)28(32)33-22-13-16-26-24(19-22)23-14-15-25(27(23)31(26)2)29-18-17-20-9-5-3-6-10-20;/h3-13,16,19,25,29H,14-15,17-18H2,1-2H3;1H. The highest BCUT2D eigenvalue weighted by Crippen LogP contribution is 2.39. The number of nitrogens with zero attached hydrogens (tertiary/aromatic N) is 2. The third kappa shape index (κ3) is 4.67. The minimum atomic E-state index is -0.395. The molecule has 5 rings (SSSR count). The molecule has 0 saturated carbocycles. The number of amides is 1. The third-order valence-electron chi connectivity index (χ3n) is 6.61. The van der Waals surface area contributed by atoms with E-state index in [0.29, 0.717) is 11.8 Å². The number of rotatable bonds is 6. The van der Waals surface area contributed by atoms with Crippen molar-refractivity contribution in [3.05, 3.63) is 95.7 Å². The van der Waals surface area contributed by atoms with Crippen LogP contribution in [0.15, 0.2) is 78.9 Å². The minimum Gasteiger partial charge on any atom is -0.410 e. The number of nitrogens with one attached hydrogen (secondary N) is 1. The molecule has 1 N–H and O–H groups in total. The van der Waals surface area contributed by atoms with Gasteiger partial charge in [-0.1, -0.05) is 48.5 Å². The Hall–Kier alpha value is -3.28. The SMILES string of the molecule is CN(C(=O)Oc1ccc2c(c1)c1c(n2C)C(NCCc2ccccc2)CC1)c1ccccc1.Cl. The molecule has 1 atom stereocenters. The van der Waals surface area contributed by atoms with Crippen LogP contribution in [-0.2, 0) is 19.9 Å². The van der Waals surface area contributed by atoms with Gasteiger partial charge in [-0.05, 0) is 67.3 Å². The maximum Gasteiger partial charge on any atom is 0.419 e. The molecule has 0 bridgehead atoms. The van der Waals surface area contributed by atoms with Crippen molar-refractivity contribution in [2.24, 2.45) is 7.05 Å². The van der Waals surface area contributed by atoms with Crippen molar-refractivity contribution in [1.29, 1.82) is 0 Å². The van der Waals surface area contributed by atoms with Crippen LogP contribution in [0.4, 0.5) is 10.5 Å². The third-order valence-corrected chi connectivity index (χ3v) is 6.61. The minimum absolute atomic E-state index is 0. The first-order valence-electron chi connectivity index (χ1n) is 11.5. The lowest BCUT2D eigenvalue weighted by atomic mass is 10.1. The van der Waals surface area contributed by atoms with Gasteiger partial charge in [0.2, 0.25) is 0 Å². The smallest absolute Gasteiger partial charge is 0.410 e. The van der Waals surface area contributed by atoms with Gasteiger partial charge in [0.25, 0.3) is 0 Å². The number of hydrogen-bond acceptors (Lipinski definition) is 3. The molecule has 176 valence electrons. The van der Waals surface area contributed by atoms with Crippen molar-refractivity contribution in [2.45, 2.75) is 25.3 Å². The van der Waals surface area contributed by atoms with E-state index in [9.17, 15) is 4.79 Å². The Balaban J connectivity index is 0.00000274. The Bertz CT molecular complexity index is 1270. The maximum absolute atomic E-state index is 12.7. The van der Waals surface area contributed by atoms with Crippen LogP contribution >= 0.6 is 12.4 Å². The molecule has 1 aromatic heterocycles. The monoisotopic (exact) mass is 475 g/mol. The summed E-state index contributed by atoms with van der Waals surface area (Å²) in [5.74, 6) is 0.573. The highest BCUT2D eigenvalue weighted by Gasteiger charge is 2.28. The molecule has 4 aromatic rings. The van der Waals surface area contributed by atoms with Crippen LogP contribution in [0.3, 0.4) is 0 Å². The number of anilines is 1. The van der Waals surface area contributed by atoms with Gasteiger partial charge in [0.05, 0.1) is 0 Å². The zero-order valence-corrected chi connectivity index (χ0v) is 20.3. The second-order valence-corrected chi connectivity index (χ2v) is 8.65. The Kier molecular flexibility index (Phi) is 7.25. The predicted molar refractivity (Wildman–Crippen MR) is 140 cm³/mol. The summed E-state index contributed by atoms with van der Waals surface area (Å²) in [6, 6.07) is 26.4. The number of fused-ring (bicyclic) bond motifs is 3. The van der Waals surface area contributed by atoms with E-state index in [1.54, 1.807) is 7.05 Å². The Morgan fingerprint density at radius 3 is 2.50 bits per heavy atom. The van der Waals surface area contributed by atoms with E-state index < -0.39 is 6.09 Å². The van der Waals surface area contributed by atoms with E-state index in [-0.39, 0.29) is 12.4 Å². The van der Waals surface area contributed by atoms with E-state index in [4.69, 9.17) is 4.74 Å². The quantitative estimate of drug-likeness (QED) is 0.369. The second-order valence-electron chi connectivity index (χ2n) is 8.65.